The van der Waals surface area contributed by atoms with Crippen molar-refractivity contribution in [3.05, 3.63) is 70.3 Å². The molecule has 18 nitrogen and oxygen atoms in total. The number of rotatable bonds is 15. The third-order valence-electron chi connectivity index (χ3n) is 12.4. The number of aryl methyl sites for hydroxylation is 2. The molecule has 0 spiro atoms. The lowest BCUT2D eigenvalue weighted by atomic mass is 9.69. The zero-order chi connectivity index (χ0) is 48.3. The van der Waals surface area contributed by atoms with E-state index >= 15 is 0 Å². The number of hydrogen-bond acceptors (Lipinski definition) is 13. The number of ether oxygens (including phenoxy) is 2. The predicted octanol–water partition coefficient (Wildman–Crippen LogP) is 2.59. The Kier molecular flexibility index (Phi) is 17.6. The number of amides is 5. The number of nitriles is 1. The van der Waals surface area contributed by atoms with E-state index in [1.807, 2.05) is 6.07 Å². The highest BCUT2D eigenvalue weighted by Gasteiger charge is 2.37. The molecule has 3 aromatic rings. The minimum Gasteiger partial charge on any atom is -0.492 e. The molecule has 1 aliphatic heterocycles. The third-order valence-corrected chi connectivity index (χ3v) is 12.4. The monoisotopic (exact) mass is 910 g/mol. The fraction of sp³-hybridized carbons (Fsp3) is 0.542. The molecule has 0 saturated heterocycles. The predicted molar refractivity (Wildman–Crippen MR) is 249 cm³/mol. The van der Waals surface area contributed by atoms with Crippen molar-refractivity contribution in [3.63, 3.8) is 0 Å². The van der Waals surface area contributed by atoms with E-state index < -0.39 is 53.7 Å². The fourth-order valence-electron chi connectivity index (χ4n) is 8.83. The summed E-state index contributed by atoms with van der Waals surface area (Å²) in [5.41, 5.74) is 21.1. The first-order chi connectivity index (χ1) is 31.4. The Balaban J connectivity index is 1.54. The minimum atomic E-state index is -1.39. The van der Waals surface area contributed by atoms with E-state index in [0.29, 0.717) is 56.9 Å². The third kappa shape index (κ3) is 12.4. The van der Waals surface area contributed by atoms with Gasteiger partial charge in [0.2, 0.25) is 23.6 Å². The summed E-state index contributed by atoms with van der Waals surface area (Å²) in [5, 5.41) is 20.0. The Morgan fingerprint density at radius 3 is 2.08 bits per heavy atom. The van der Waals surface area contributed by atoms with Gasteiger partial charge in [0.1, 0.15) is 61.2 Å². The first kappa shape index (κ1) is 50.8. The summed E-state index contributed by atoms with van der Waals surface area (Å²) in [7, 11) is 1.43. The Morgan fingerprint density at radius 2 is 1.50 bits per heavy atom. The molecule has 356 valence electrons. The van der Waals surface area contributed by atoms with Crippen LogP contribution in [-0.2, 0) is 25.6 Å². The number of likely N-dealkylation sites (N-methyl/N-ethyl adjacent to an activating group) is 1. The topological polar surface area (TPSA) is 283 Å². The van der Waals surface area contributed by atoms with Crippen LogP contribution in [0.2, 0.25) is 0 Å². The normalized spacial score (nSPS) is 20.3. The zero-order valence-corrected chi connectivity index (χ0v) is 39.3. The number of benzene rings is 2. The quantitative estimate of drug-likeness (QED) is 0.108. The second-order valence-corrected chi connectivity index (χ2v) is 18.2. The highest BCUT2D eigenvalue weighted by atomic mass is 16.5. The summed E-state index contributed by atoms with van der Waals surface area (Å²) in [5.74, 6) is -0.935. The molecule has 0 radical (unpaired) electrons. The molecule has 18 heteroatoms. The van der Waals surface area contributed by atoms with E-state index in [-0.39, 0.29) is 69.1 Å². The molecule has 2 heterocycles. The Bertz CT molecular complexity index is 2260. The Morgan fingerprint density at radius 1 is 0.894 bits per heavy atom. The van der Waals surface area contributed by atoms with Crippen molar-refractivity contribution >= 4 is 29.5 Å². The van der Waals surface area contributed by atoms with Crippen LogP contribution in [0.4, 0.5) is 0 Å². The first-order valence-electron chi connectivity index (χ1n) is 22.7. The molecule has 2 aromatic carbocycles. The Hall–Kier alpha value is -6.16. The number of nitrogens with zero attached hydrogens (tertiary/aromatic N) is 4. The van der Waals surface area contributed by atoms with E-state index in [2.05, 4.69) is 42.0 Å². The summed E-state index contributed by atoms with van der Waals surface area (Å²) >= 11 is 0. The maximum Gasteiger partial charge on any atom is 0.255 e. The van der Waals surface area contributed by atoms with E-state index in [0.717, 1.165) is 25.7 Å². The van der Waals surface area contributed by atoms with Crippen molar-refractivity contribution in [2.24, 2.45) is 28.5 Å². The molecule has 1 aromatic heterocycles. The van der Waals surface area contributed by atoms with Gasteiger partial charge in [0.25, 0.3) is 5.91 Å². The lowest BCUT2D eigenvalue weighted by Crippen LogP contribution is -2.56. The number of fused-ring (bicyclic) bond motifs is 5. The maximum absolute atomic E-state index is 14.7. The van der Waals surface area contributed by atoms with E-state index in [1.165, 1.54) is 18.9 Å². The van der Waals surface area contributed by atoms with Crippen molar-refractivity contribution in [2.45, 2.75) is 110 Å². The van der Waals surface area contributed by atoms with Crippen LogP contribution in [0.25, 0.3) is 11.1 Å². The standard InChI is InChI=1S/C48H67N11O7/c1-27-40(28(2)55-42(54-27)31-9-12-33(13-10-31)48(4,5)6)45(62)57-36(16-17-49)47(64)59(7)41-32-11-15-39(66-23-20-52)35(26-32)34-24-30(8-14-38(34)65-22-19-51)25-37(44(61)53-21-18-50)58-43(60)29(3)56-46(41)63/h8,11,14-15,24,26,29,31,33,36-37,41H,9-10,12-13,16-17,19-23,25,49,51-52H2,1-7H3,(H,53,61)(H,56,63)(H,57,62)(H,58,60). The SMILES string of the molecule is Cc1nc(C2CCC(C(C)(C)C)CC2)nc(C)c1C(=O)NC(CCN)C(=O)N(C)C1C(=O)NC(C)C(=O)NC(C(=O)NCC#N)Cc2ccc(OCCN)c(c2)-c2cc1ccc2OCCN. The fourth-order valence-corrected chi connectivity index (χ4v) is 8.83. The zero-order valence-electron chi connectivity index (χ0n) is 39.3. The van der Waals surface area contributed by atoms with Crippen molar-refractivity contribution in [2.75, 3.05) is 46.4 Å². The molecule has 4 bridgehead atoms. The van der Waals surface area contributed by atoms with Crippen molar-refractivity contribution in [3.8, 4) is 28.7 Å². The van der Waals surface area contributed by atoms with Gasteiger partial charge in [0, 0.05) is 43.6 Å². The molecular weight excluding hydrogens is 843 g/mol. The molecule has 5 rings (SSSR count). The molecule has 5 amide bonds. The lowest BCUT2D eigenvalue weighted by molar-refractivity contribution is -0.141. The second kappa shape index (κ2) is 22.8. The van der Waals surface area contributed by atoms with Crippen LogP contribution in [0, 0.1) is 36.5 Å². The number of hydrogen-bond donors (Lipinski definition) is 7. The molecule has 1 fully saturated rings. The molecule has 66 heavy (non-hydrogen) atoms. The van der Waals surface area contributed by atoms with Crippen LogP contribution in [0.3, 0.4) is 0 Å². The first-order valence-corrected chi connectivity index (χ1v) is 22.7. The van der Waals surface area contributed by atoms with Gasteiger partial charge in [-0.3, -0.25) is 24.0 Å². The maximum atomic E-state index is 14.7. The Labute approximate surface area is 387 Å². The average molecular weight is 910 g/mol. The van der Waals surface area contributed by atoms with E-state index in [9.17, 15) is 29.2 Å². The number of carbonyl (C=O) groups is 5. The smallest absolute Gasteiger partial charge is 0.255 e. The van der Waals surface area contributed by atoms with E-state index in [4.69, 9.17) is 36.6 Å². The lowest BCUT2D eigenvalue weighted by Gasteiger charge is -2.36. The molecule has 4 atom stereocenters. The molecule has 4 unspecified atom stereocenters. The number of carbonyl (C=O) groups excluding carboxylic acids is 5. The van der Waals surface area contributed by atoms with Crippen LogP contribution in [-0.4, -0.2) is 109 Å². The molecule has 1 saturated carbocycles. The van der Waals surface area contributed by atoms with Crippen molar-refractivity contribution in [1.82, 2.24) is 36.1 Å². The van der Waals surface area contributed by atoms with Crippen molar-refractivity contribution in [1.29, 1.82) is 5.26 Å². The number of nitrogens with two attached hydrogens (primary N) is 3. The van der Waals surface area contributed by atoms with Gasteiger partial charge in [0.05, 0.1) is 23.0 Å². The largest absolute Gasteiger partial charge is 0.492 e. The van der Waals surface area contributed by atoms with Gasteiger partial charge < -0.3 is 52.8 Å². The van der Waals surface area contributed by atoms with Gasteiger partial charge in [-0.25, -0.2) is 9.97 Å². The molecule has 1 aliphatic carbocycles. The molecule has 10 N–H and O–H groups in total. The van der Waals surface area contributed by atoms with Gasteiger partial charge in [0.15, 0.2) is 0 Å². The van der Waals surface area contributed by atoms with Gasteiger partial charge >= 0.3 is 0 Å². The van der Waals surface area contributed by atoms with Gasteiger partial charge in [-0.2, -0.15) is 5.26 Å². The van der Waals surface area contributed by atoms with Gasteiger partial charge in [-0.1, -0.05) is 32.9 Å². The number of nitrogens with one attached hydrogen (secondary N) is 4. The van der Waals surface area contributed by atoms with Gasteiger partial charge in [-0.05, 0) is 106 Å². The van der Waals surface area contributed by atoms with E-state index in [1.54, 1.807) is 50.2 Å². The van der Waals surface area contributed by atoms with Crippen molar-refractivity contribution < 1.29 is 33.4 Å². The van der Waals surface area contributed by atoms with Crippen LogP contribution in [0.1, 0.15) is 110 Å². The van der Waals surface area contributed by atoms with Crippen LogP contribution < -0.4 is 47.9 Å². The highest BCUT2D eigenvalue weighted by molar-refractivity contribution is 6.00. The van der Waals surface area contributed by atoms with Crippen LogP contribution in [0.15, 0.2) is 36.4 Å². The number of aromatic nitrogens is 2. The summed E-state index contributed by atoms with van der Waals surface area (Å²) < 4.78 is 12.2. The molecular formula is C48H67N11O7. The summed E-state index contributed by atoms with van der Waals surface area (Å²) in [6, 6.07) is 7.16. The average Bonchev–Trinajstić information content (AvgIpc) is 3.28. The highest BCUT2D eigenvalue weighted by Crippen LogP contribution is 2.43. The minimum absolute atomic E-state index is 0.00845. The van der Waals surface area contributed by atoms with Gasteiger partial charge in [-0.15, -0.1) is 0 Å². The summed E-state index contributed by atoms with van der Waals surface area (Å²) in [6.45, 7) is 12.2. The van der Waals surface area contributed by atoms with Crippen LogP contribution >= 0.6 is 0 Å². The molecule has 2 aliphatic rings. The second-order valence-electron chi connectivity index (χ2n) is 18.2. The van der Waals surface area contributed by atoms with Crippen LogP contribution in [0.5, 0.6) is 11.5 Å². The summed E-state index contributed by atoms with van der Waals surface area (Å²) in [4.78, 5) is 81.4. The summed E-state index contributed by atoms with van der Waals surface area (Å²) in [6.07, 6.45) is 4.12.